The fourth-order valence-corrected chi connectivity index (χ4v) is 4.27. The third-order valence-corrected chi connectivity index (χ3v) is 6.01. The molecule has 17 heteroatoms. The molecule has 0 saturated carbocycles. The van der Waals surface area contributed by atoms with Crippen LogP contribution in [0.3, 0.4) is 0 Å². The molecule has 2 unspecified atom stereocenters. The zero-order valence-corrected chi connectivity index (χ0v) is 19.4. The minimum absolute atomic E-state index is 0.117. The predicted octanol–water partition coefficient (Wildman–Crippen LogP) is 5.62. The lowest BCUT2D eigenvalue weighted by Gasteiger charge is -2.26. The van der Waals surface area contributed by atoms with E-state index in [9.17, 15) is 39.5 Å². The zero-order valence-electron chi connectivity index (χ0n) is 17.9. The number of fused-ring (bicyclic) bond motifs is 1. The van der Waals surface area contributed by atoms with Gasteiger partial charge in [-0.1, -0.05) is 23.2 Å². The van der Waals surface area contributed by atoms with Crippen LogP contribution in [0, 0.1) is 0 Å². The number of halogens is 11. The van der Waals surface area contributed by atoms with E-state index in [-0.39, 0.29) is 6.54 Å². The quantitative estimate of drug-likeness (QED) is 0.365. The number of ether oxygens (including phenoxy) is 1. The van der Waals surface area contributed by atoms with Crippen molar-refractivity contribution in [2.24, 2.45) is 9.98 Å². The summed E-state index contributed by atoms with van der Waals surface area (Å²) >= 11 is 12.0. The van der Waals surface area contributed by atoms with Crippen molar-refractivity contribution < 1.29 is 44.3 Å². The van der Waals surface area contributed by atoms with Gasteiger partial charge < -0.3 is 10.1 Å². The first-order chi connectivity index (χ1) is 16.3. The summed E-state index contributed by atoms with van der Waals surface area (Å²) in [6, 6.07) is 0.954. The molecule has 1 saturated heterocycles. The molecule has 2 N–H and O–H groups in total. The molecule has 2 atom stereocenters. The molecule has 1 aromatic carbocycles. The van der Waals surface area contributed by atoms with Crippen molar-refractivity contribution in [3.05, 3.63) is 39.1 Å². The zero-order chi connectivity index (χ0) is 27.0. The SMILES string of the molecule is CC1(C)OC1CNC1=C2C(C(F)(F)F)=NC(C(F)(F)F)=NC2NN1c1c(Cl)cc(C(F)(F)F)cc1Cl. The number of epoxide rings is 1. The summed E-state index contributed by atoms with van der Waals surface area (Å²) < 4.78 is 126. The van der Waals surface area contributed by atoms with E-state index in [0.29, 0.717) is 12.1 Å². The molecule has 0 aliphatic carbocycles. The number of aliphatic imine (C=N–C) groups is 2. The van der Waals surface area contributed by atoms with Crippen LogP contribution in [-0.4, -0.2) is 48.3 Å². The topological polar surface area (TPSA) is 64.5 Å². The van der Waals surface area contributed by atoms with Gasteiger partial charge in [0.05, 0.1) is 32.5 Å². The number of alkyl halides is 9. The molecule has 0 amide bonds. The Labute approximate surface area is 206 Å². The van der Waals surface area contributed by atoms with E-state index in [1.807, 2.05) is 0 Å². The van der Waals surface area contributed by atoms with Crippen molar-refractivity contribution in [2.45, 2.75) is 50.2 Å². The Morgan fingerprint density at radius 3 is 2.00 bits per heavy atom. The minimum Gasteiger partial charge on any atom is -0.367 e. The lowest BCUT2D eigenvalue weighted by atomic mass is 10.1. The summed E-state index contributed by atoms with van der Waals surface area (Å²) in [5, 5.41) is 2.09. The molecule has 36 heavy (non-hydrogen) atoms. The molecule has 0 aromatic heterocycles. The van der Waals surface area contributed by atoms with E-state index < -0.39 is 80.6 Å². The van der Waals surface area contributed by atoms with Gasteiger partial charge in [-0.3, -0.25) is 5.01 Å². The Balaban J connectivity index is 1.86. The molecule has 4 rings (SSSR count). The van der Waals surface area contributed by atoms with Crippen LogP contribution in [-0.2, 0) is 10.9 Å². The smallest absolute Gasteiger partial charge is 0.367 e. The fraction of sp³-hybridized carbons (Fsp3) is 0.474. The number of rotatable bonds is 4. The number of hydrogen-bond donors (Lipinski definition) is 2. The third kappa shape index (κ3) is 4.97. The van der Waals surface area contributed by atoms with Crippen LogP contribution in [0.5, 0.6) is 0 Å². The maximum atomic E-state index is 13.9. The monoisotopic (exact) mass is 569 g/mol. The highest BCUT2D eigenvalue weighted by atomic mass is 35.5. The maximum absolute atomic E-state index is 13.9. The Morgan fingerprint density at radius 1 is 1.00 bits per heavy atom. The average Bonchev–Trinajstić information content (AvgIpc) is 3.15. The number of anilines is 1. The largest absolute Gasteiger partial charge is 0.451 e. The summed E-state index contributed by atoms with van der Waals surface area (Å²) in [5.41, 5.74) is -2.75. The fourth-order valence-electron chi connectivity index (χ4n) is 3.61. The molecule has 0 bridgehead atoms. The molecular formula is C19H14Cl2F9N5O. The van der Waals surface area contributed by atoms with Gasteiger partial charge >= 0.3 is 18.5 Å². The number of amidine groups is 1. The lowest BCUT2D eigenvalue weighted by molar-refractivity contribution is -0.137. The van der Waals surface area contributed by atoms with E-state index in [0.717, 1.165) is 5.01 Å². The lowest BCUT2D eigenvalue weighted by Crippen LogP contribution is -2.43. The van der Waals surface area contributed by atoms with Gasteiger partial charge in [-0.15, -0.1) is 0 Å². The molecule has 3 aliphatic rings. The second-order valence-electron chi connectivity index (χ2n) is 8.42. The first-order valence-electron chi connectivity index (χ1n) is 9.90. The Bertz CT molecular complexity index is 1160. The summed E-state index contributed by atoms with van der Waals surface area (Å²) in [5.74, 6) is -2.55. The maximum Gasteiger partial charge on any atom is 0.451 e. The van der Waals surface area contributed by atoms with E-state index in [2.05, 4.69) is 20.7 Å². The molecule has 3 heterocycles. The van der Waals surface area contributed by atoms with Crippen molar-refractivity contribution in [1.82, 2.24) is 10.7 Å². The third-order valence-electron chi connectivity index (χ3n) is 5.44. The van der Waals surface area contributed by atoms with Crippen molar-refractivity contribution in [3.8, 4) is 0 Å². The van der Waals surface area contributed by atoms with Gasteiger partial charge in [-0.2, -0.15) is 44.9 Å². The van der Waals surface area contributed by atoms with Crippen LogP contribution < -0.4 is 15.8 Å². The highest BCUT2D eigenvalue weighted by molar-refractivity contribution is 6.39. The molecule has 0 radical (unpaired) electrons. The van der Waals surface area contributed by atoms with Crippen molar-refractivity contribution >= 4 is 40.4 Å². The molecule has 3 aliphatic heterocycles. The van der Waals surface area contributed by atoms with Crippen LogP contribution in [0.4, 0.5) is 45.2 Å². The molecule has 1 aromatic rings. The summed E-state index contributed by atoms with van der Waals surface area (Å²) in [6.07, 6.45) is -18.0. The van der Waals surface area contributed by atoms with Gasteiger partial charge in [0.2, 0.25) is 5.84 Å². The second kappa shape index (κ2) is 8.39. The van der Waals surface area contributed by atoms with Gasteiger partial charge in [0.1, 0.15) is 18.1 Å². The Morgan fingerprint density at radius 2 is 1.56 bits per heavy atom. The van der Waals surface area contributed by atoms with E-state index >= 15 is 0 Å². The van der Waals surface area contributed by atoms with Crippen LogP contribution in [0.15, 0.2) is 33.5 Å². The highest BCUT2D eigenvalue weighted by Crippen LogP contribution is 2.44. The first-order valence-corrected chi connectivity index (χ1v) is 10.7. The van der Waals surface area contributed by atoms with Crippen LogP contribution in [0.25, 0.3) is 0 Å². The minimum atomic E-state index is -5.35. The predicted molar refractivity (Wildman–Crippen MR) is 112 cm³/mol. The van der Waals surface area contributed by atoms with Crippen LogP contribution >= 0.6 is 23.2 Å². The van der Waals surface area contributed by atoms with Crippen molar-refractivity contribution in [1.29, 1.82) is 0 Å². The van der Waals surface area contributed by atoms with Gasteiger partial charge in [0, 0.05) is 6.54 Å². The summed E-state index contributed by atoms with van der Waals surface area (Å²) in [7, 11) is 0. The molecular weight excluding hydrogens is 556 g/mol. The van der Waals surface area contributed by atoms with Gasteiger partial charge in [-0.25, -0.2) is 9.98 Å². The Kier molecular flexibility index (Phi) is 6.25. The van der Waals surface area contributed by atoms with Gasteiger partial charge in [0.15, 0.2) is 5.71 Å². The molecule has 198 valence electrons. The van der Waals surface area contributed by atoms with Crippen molar-refractivity contribution in [3.63, 3.8) is 0 Å². The first kappa shape index (κ1) is 26.8. The number of nitrogens with zero attached hydrogens (tertiary/aromatic N) is 3. The average molecular weight is 570 g/mol. The molecule has 0 spiro atoms. The summed E-state index contributed by atoms with van der Waals surface area (Å²) in [6.45, 7) is 3.27. The number of nitrogens with one attached hydrogen (secondary N) is 2. The van der Waals surface area contributed by atoms with E-state index in [4.69, 9.17) is 27.9 Å². The van der Waals surface area contributed by atoms with Gasteiger partial charge in [0.25, 0.3) is 0 Å². The summed E-state index contributed by atoms with van der Waals surface area (Å²) in [4.78, 5) is 5.96. The number of benzene rings is 1. The number of hydrogen-bond acceptors (Lipinski definition) is 6. The number of hydrazine groups is 1. The van der Waals surface area contributed by atoms with E-state index in [1.165, 1.54) is 0 Å². The molecule has 1 fully saturated rings. The van der Waals surface area contributed by atoms with Crippen LogP contribution in [0.2, 0.25) is 10.0 Å². The molecule has 6 nitrogen and oxygen atoms in total. The normalized spacial score (nSPS) is 24.0. The van der Waals surface area contributed by atoms with Gasteiger partial charge in [-0.05, 0) is 26.0 Å². The van der Waals surface area contributed by atoms with Crippen LogP contribution in [0.1, 0.15) is 19.4 Å². The standard InChI is InChI=1S/C19H14Cl2F9N5O/c1-16(2)9(36-16)5-31-14-10-12(18(25,26)27)32-15(19(28,29)30)33-13(10)34-35(14)11-7(20)3-6(4-8(11)21)17(22,23)24/h3-4,9,13,31,34H,5H2,1-2H3. The second-order valence-corrected chi connectivity index (χ2v) is 9.23. The Hall–Kier alpha value is -2.23. The van der Waals surface area contributed by atoms with E-state index in [1.54, 1.807) is 13.8 Å². The highest BCUT2D eigenvalue weighted by Gasteiger charge is 2.53. The van der Waals surface area contributed by atoms with Crippen molar-refractivity contribution in [2.75, 3.05) is 11.6 Å².